The second-order valence-corrected chi connectivity index (χ2v) is 23.6. The van der Waals surface area contributed by atoms with Crippen LogP contribution in [-0.2, 0) is 139 Å². The van der Waals surface area contributed by atoms with Crippen LogP contribution in [0.4, 0.5) is 0 Å². The van der Waals surface area contributed by atoms with E-state index in [0.29, 0.717) is 23.7 Å². The maximum absolute atomic E-state index is 4.51. The zero-order valence-electron chi connectivity index (χ0n) is 68.6. The predicted octanol–water partition coefficient (Wildman–Crippen LogP) is 10.4. The van der Waals surface area contributed by atoms with Gasteiger partial charge in [0.15, 0.2) is 23.3 Å². The van der Waals surface area contributed by atoms with E-state index in [-0.39, 0.29) is 112 Å². The van der Waals surface area contributed by atoms with Crippen molar-refractivity contribution in [3.8, 4) is 0 Å². The summed E-state index contributed by atoms with van der Waals surface area (Å²) in [5, 5.41) is 52.8. The molecule has 0 spiro atoms. The minimum atomic E-state index is -0.176. The number of rotatable bonds is 8. The van der Waals surface area contributed by atoms with Gasteiger partial charge in [0.1, 0.15) is 0 Å². The van der Waals surface area contributed by atoms with Crippen molar-refractivity contribution >= 4 is 18.6 Å². The molecule has 0 amide bonds. The molecule has 4 aliphatic heterocycles. The summed E-state index contributed by atoms with van der Waals surface area (Å²) in [4.78, 5) is 25.0. The van der Waals surface area contributed by atoms with Crippen LogP contribution in [0.25, 0.3) is 0 Å². The number of likely N-dealkylation sites (tertiary alicyclic amines) is 4. The first-order valence-electron chi connectivity index (χ1n) is 35.5. The fraction of sp³-hybridized carbons (Fsp3) is 0.562. The van der Waals surface area contributed by atoms with Crippen molar-refractivity contribution < 1.29 is 104 Å². The summed E-state index contributed by atoms with van der Waals surface area (Å²) in [6.45, 7) is 38.4. The van der Waals surface area contributed by atoms with Gasteiger partial charge in [-0.3, -0.25) is 28.2 Å². The Kier molecular flexibility index (Phi) is 73.7. The van der Waals surface area contributed by atoms with Crippen molar-refractivity contribution in [2.75, 3.05) is 87.5 Å². The van der Waals surface area contributed by atoms with Gasteiger partial charge in [-0.25, -0.2) is 28.3 Å². The van der Waals surface area contributed by atoms with Gasteiger partial charge in [-0.1, -0.05) is 230 Å². The molecule has 4 fully saturated rings. The molecule has 29 nitrogen and oxygen atoms in total. The minimum Gasteiger partial charge on any atom is -0.459 e. The Morgan fingerprint density at radius 1 is 0.417 bits per heavy atom. The molecule has 8 heterocycles. The van der Waals surface area contributed by atoms with E-state index in [9.17, 15) is 0 Å². The number of benzene rings is 4. The molecule has 8 aromatic rings. The molecular formula is C73H135N25O4P2W4-4. The van der Waals surface area contributed by atoms with E-state index in [1.54, 1.807) is 4.80 Å². The number of aromatic amines is 1. The van der Waals surface area contributed by atoms with Crippen molar-refractivity contribution in [1.29, 1.82) is 0 Å². The average Bonchev–Trinajstić information content (AvgIpc) is 1.36. The zero-order chi connectivity index (χ0) is 78.6. The third kappa shape index (κ3) is 34.1. The molecule has 4 aromatic carbocycles. The number of nitrogens with one attached hydrogen (secondary N) is 1. The normalized spacial score (nSPS) is 21.4. The number of tetrazole rings is 4. The van der Waals surface area contributed by atoms with Gasteiger partial charge in [0, 0.05) is 101 Å². The topological polar surface area (TPSA) is 374 Å². The largest absolute Gasteiger partial charge is 0.459 e. The first kappa shape index (κ1) is 118. The first-order valence-corrected chi connectivity index (χ1v) is 37.2. The van der Waals surface area contributed by atoms with E-state index in [1.807, 2.05) is 119 Å². The zero-order valence-corrected chi connectivity index (χ0v) is 82.6. The average molecular weight is 2220 g/mol. The van der Waals surface area contributed by atoms with Crippen molar-refractivity contribution in [2.45, 2.75) is 144 Å². The fourth-order valence-electron chi connectivity index (χ4n) is 13.2. The number of nitrogens with zero attached hydrogens (tertiary/aromatic N) is 19. The molecule has 0 bridgehead atoms. The Bertz CT molecular complexity index is 3130. The maximum Gasteiger partial charge on any atom is 0.185 e. The Labute approximate surface area is 711 Å². The van der Waals surface area contributed by atoms with Gasteiger partial charge < -0.3 is 45.1 Å². The summed E-state index contributed by atoms with van der Waals surface area (Å²) in [6, 6.07) is 42.2. The van der Waals surface area contributed by atoms with Crippen molar-refractivity contribution in [1.82, 2.24) is 107 Å². The van der Waals surface area contributed by atoms with Crippen LogP contribution < -0.4 is 29.7 Å². The Hall–Kier alpha value is -3.75. The minimum absolute atomic E-state index is 0. The molecule has 4 aliphatic rings. The second kappa shape index (κ2) is 67.7. The monoisotopic (exact) mass is 2220 g/mol. The van der Waals surface area contributed by atoms with Gasteiger partial charge in [0.25, 0.3) is 0 Å². The van der Waals surface area contributed by atoms with E-state index in [0.717, 1.165) is 101 Å². The fourth-order valence-corrected chi connectivity index (χ4v) is 13.3. The van der Waals surface area contributed by atoms with Crippen LogP contribution in [-0.4, -0.2) is 188 Å². The van der Waals surface area contributed by atoms with Gasteiger partial charge in [0.05, 0.1) is 57.1 Å². The number of piperidine rings is 4. The summed E-state index contributed by atoms with van der Waals surface area (Å²) in [7, 11) is 30.5. The number of aryl methyl sites for hydroxylation is 2. The second-order valence-electron chi connectivity index (χ2n) is 23.1. The van der Waals surface area contributed by atoms with Crippen LogP contribution in [0, 0.1) is 51.9 Å². The van der Waals surface area contributed by atoms with Gasteiger partial charge in [-0.05, 0) is 145 Å². The van der Waals surface area contributed by atoms with E-state index in [2.05, 4.69) is 301 Å². The first-order chi connectivity index (χ1) is 49.8. The SMILES string of the molecule is CC.CC.CC.CC.CC.CON.CON.CON.CON.CP.N.[CH2-]N1CCC(c2ccccc2)(c2nn[nH]n2)C(C)C1.[CH2-]N1CCC(c2ccccc2)(c2nnn(C)n2)C(C)C1.[CH2-]N1CCC(c2ccccc2)(c2nnn(P)n2)C(C)C1.[CH2-]N1CCC(c2ccccc2)(c2nnnn2C)C(C)C1.[W].[W].[W].[W]. The van der Waals surface area contributed by atoms with Gasteiger partial charge >= 0.3 is 0 Å². The summed E-state index contributed by atoms with van der Waals surface area (Å²) >= 11 is 0. The molecular weight excluding hydrogens is 2090 g/mol. The van der Waals surface area contributed by atoms with Crippen molar-refractivity contribution in [2.24, 2.45) is 61.4 Å². The molecule has 0 saturated carbocycles. The number of nitrogens with two attached hydrogens (primary N) is 4. The Balaban J connectivity index is -0.000000226. The summed E-state index contributed by atoms with van der Waals surface area (Å²) < 4.78 is 3.27. The van der Waals surface area contributed by atoms with Gasteiger partial charge in [0.2, 0.25) is 0 Å². The van der Waals surface area contributed by atoms with Crippen LogP contribution >= 0.6 is 18.6 Å². The number of H-pyrrole nitrogens is 1. The summed E-state index contributed by atoms with van der Waals surface area (Å²) in [5.74, 6) is 22.3. The molecule has 12 rings (SSSR count). The maximum atomic E-state index is 4.51. The molecule has 35 heteroatoms. The van der Waals surface area contributed by atoms with Gasteiger partial charge in [-0.2, -0.15) is 14.6 Å². The number of hydrogen-bond donors (Lipinski definition) is 6. The van der Waals surface area contributed by atoms with E-state index < -0.39 is 0 Å². The third-order valence-corrected chi connectivity index (χ3v) is 17.7. The van der Waals surface area contributed by atoms with E-state index in [1.165, 1.54) is 55.3 Å². The summed E-state index contributed by atoms with van der Waals surface area (Å²) in [5.41, 5.74) is 4.45. The van der Waals surface area contributed by atoms with Crippen LogP contribution in [0.1, 0.15) is 168 Å². The molecule has 4 aromatic heterocycles. The van der Waals surface area contributed by atoms with E-state index in [4.69, 9.17) is 0 Å². The molecule has 0 aliphatic carbocycles. The van der Waals surface area contributed by atoms with Crippen molar-refractivity contribution in [3.63, 3.8) is 0 Å². The smallest absolute Gasteiger partial charge is 0.185 e. The summed E-state index contributed by atoms with van der Waals surface area (Å²) in [6.07, 6.45) is 3.86. The molecule has 10 unspecified atom stereocenters. The number of aromatic nitrogens is 16. The van der Waals surface area contributed by atoms with E-state index >= 15 is 0 Å². The van der Waals surface area contributed by atoms with Crippen LogP contribution in [0.5, 0.6) is 0 Å². The van der Waals surface area contributed by atoms with Crippen LogP contribution in [0.15, 0.2) is 121 Å². The Morgan fingerprint density at radius 2 is 0.685 bits per heavy atom. The molecule has 108 heavy (non-hydrogen) atoms. The Morgan fingerprint density at radius 3 is 0.917 bits per heavy atom. The molecule has 614 valence electrons. The van der Waals surface area contributed by atoms with Crippen LogP contribution in [0.3, 0.4) is 0 Å². The molecule has 10 atom stereocenters. The van der Waals surface area contributed by atoms with Crippen molar-refractivity contribution in [3.05, 3.63) is 195 Å². The molecule has 4 saturated heterocycles. The molecule has 12 N–H and O–H groups in total. The predicted molar refractivity (Wildman–Crippen MR) is 429 cm³/mol. The number of hydrogen-bond acceptors (Lipinski definition) is 25. The molecule has 0 radical (unpaired) electrons. The van der Waals surface area contributed by atoms with Crippen LogP contribution in [0.2, 0.25) is 0 Å². The third-order valence-electron chi connectivity index (χ3n) is 17.4. The van der Waals surface area contributed by atoms with Gasteiger partial charge in [-0.15, -0.1) is 44.9 Å². The quantitative estimate of drug-likeness (QED) is 0.0467. The standard InChI is InChI=1S/2C15H20N5.C14H19N5P.C14H18N5.5C2H6.4CH5NO.CH5P.H3N.4W/c1-12-11-19(2)10-9-15(12,13-7-5-4-6-8-13)14-16-17-18-20(14)3;1-12-11-19(2)10-9-15(12,13-7-5-4-6-8-13)14-16-18-20(3)17-14;1-11-10-18(2)9-8-14(11,12-6-4-3-5-7-12)13-15-17-19(20)16-13;1-11-10-19(2)9-8-14(11,13-15-17-18-16-13)12-6-4-3-5-7-12;5*1-2;4*1-3-2;1-2;;;;;/h2*4-8,12H,2,9-11H2,1,3H3;3-7,11H,2,8-10,20H2,1H3;3-7,11H,2,8-10H2,1H3,(H,15,16,17,18);5*1-2H3;4*2H2,1H3;2H2,1H3;1H3;;;;/q4*-1;;;;;;;;;;;;;;;.